The maximum Gasteiger partial charge on any atom is 0.249 e. The molecular formula is C35H50BrN3O5. The molecule has 0 aromatic heterocycles. The smallest absolute Gasteiger partial charge is 0.249 e. The third-order valence-electron chi connectivity index (χ3n) is 9.48. The van der Waals surface area contributed by atoms with Gasteiger partial charge in [-0.15, -0.1) is 13.2 Å². The molecule has 7 atom stereocenters. The number of nitrogens with zero attached hydrogens (tertiary/aromatic N) is 3. The summed E-state index contributed by atoms with van der Waals surface area (Å²) in [7, 11) is 0. The van der Waals surface area contributed by atoms with E-state index in [2.05, 4.69) is 49.9 Å². The molecule has 9 heteroatoms. The lowest BCUT2D eigenvalue weighted by Gasteiger charge is -2.47. The number of para-hydroxylation sites is 1. The first-order valence-corrected chi connectivity index (χ1v) is 16.6. The number of hydrogen-bond acceptors (Lipinski definition) is 5. The molecule has 1 aromatic rings. The lowest BCUT2D eigenvalue weighted by atomic mass is 9.69. The summed E-state index contributed by atoms with van der Waals surface area (Å²) in [5.74, 6) is -2.62. The number of carbonyl (C=O) groups is 3. The lowest BCUT2D eigenvalue weighted by molar-refractivity contribution is -0.156. The van der Waals surface area contributed by atoms with Crippen LogP contribution in [0.5, 0.6) is 0 Å². The highest BCUT2D eigenvalue weighted by Crippen LogP contribution is 2.61. The maximum atomic E-state index is 15.0. The van der Waals surface area contributed by atoms with Crippen LogP contribution in [-0.4, -0.2) is 86.5 Å². The first-order valence-electron chi connectivity index (χ1n) is 15.7. The molecule has 1 N–H and O–H groups in total. The Morgan fingerprint density at radius 2 is 1.73 bits per heavy atom. The predicted molar refractivity (Wildman–Crippen MR) is 177 cm³/mol. The number of benzene rings is 1. The van der Waals surface area contributed by atoms with Crippen LogP contribution in [0.3, 0.4) is 0 Å². The van der Waals surface area contributed by atoms with Crippen molar-refractivity contribution in [3.8, 4) is 0 Å². The number of halogens is 1. The van der Waals surface area contributed by atoms with Crippen LogP contribution in [0.15, 0.2) is 55.6 Å². The number of rotatable bonds is 12. The fourth-order valence-electron chi connectivity index (χ4n) is 8.15. The van der Waals surface area contributed by atoms with Crippen LogP contribution >= 0.6 is 15.9 Å². The van der Waals surface area contributed by atoms with E-state index in [-0.39, 0.29) is 53.6 Å². The Balaban J connectivity index is 1.87. The van der Waals surface area contributed by atoms with Crippen molar-refractivity contribution in [2.75, 3.05) is 24.6 Å². The number of aliphatic hydroxyl groups excluding tert-OH is 1. The van der Waals surface area contributed by atoms with Gasteiger partial charge < -0.3 is 24.5 Å². The van der Waals surface area contributed by atoms with Gasteiger partial charge in [-0.2, -0.15) is 0 Å². The quantitative estimate of drug-likeness (QED) is 0.244. The number of alkyl halides is 1. The number of anilines is 1. The Labute approximate surface area is 271 Å². The van der Waals surface area contributed by atoms with Crippen LogP contribution in [0.2, 0.25) is 0 Å². The molecule has 8 nitrogen and oxygen atoms in total. The molecule has 1 spiro atoms. The fraction of sp³-hybridized carbons (Fsp3) is 0.629. The Morgan fingerprint density at radius 1 is 1.11 bits per heavy atom. The normalized spacial score (nSPS) is 28.6. The predicted octanol–water partition coefficient (Wildman–Crippen LogP) is 5.20. The summed E-state index contributed by atoms with van der Waals surface area (Å²) in [4.78, 5) is 49.1. The number of fused-ring (bicyclic) bond motifs is 1. The second kappa shape index (κ2) is 12.7. The number of ether oxygens (including phenoxy) is 1. The molecule has 3 heterocycles. The number of aliphatic hydroxyl groups is 1. The van der Waals surface area contributed by atoms with Crippen molar-refractivity contribution in [3.05, 3.63) is 55.6 Å². The van der Waals surface area contributed by atoms with Gasteiger partial charge in [0.25, 0.3) is 0 Å². The molecule has 0 saturated carbocycles. The van der Waals surface area contributed by atoms with Gasteiger partial charge in [0, 0.05) is 29.1 Å². The van der Waals surface area contributed by atoms with Crippen LogP contribution < -0.4 is 4.90 Å². The van der Waals surface area contributed by atoms with Crippen molar-refractivity contribution in [2.24, 2.45) is 23.2 Å². The minimum atomic E-state index is -1.23. The molecule has 0 aliphatic carbocycles. The first-order chi connectivity index (χ1) is 20.6. The molecule has 3 fully saturated rings. The van der Waals surface area contributed by atoms with Crippen LogP contribution in [0.1, 0.15) is 61.3 Å². The first kappa shape index (κ1) is 34.4. The Hall–Kier alpha value is -2.49. The zero-order valence-corrected chi connectivity index (χ0v) is 28.9. The van der Waals surface area contributed by atoms with Crippen LogP contribution in [-0.2, 0) is 19.1 Å². The van der Waals surface area contributed by atoms with Gasteiger partial charge in [-0.3, -0.25) is 14.4 Å². The second-order valence-electron chi connectivity index (χ2n) is 14.8. The highest BCUT2D eigenvalue weighted by Gasteiger charge is 2.77. The molecule has 3 unspecified atom stereocenters. The molecule has 0 radical (unpaired) electrons. The van der Waals surface area contributed by atoms with Crippen LogP contribution in [0, 0.1) is 23.2 Å². The highest BCUT2D eigenvalue weighted by molar-refractivity contribution is 9.09. The van der Waals surface area contributed by atoms with E-state index in [4.69, 9.17) is 4.74 Å². The summed E-state index contributed by atoms with van der Waals surface area (Å²) >= 11 is 3.79. The fourth-order valence-corrected chi connectivity index (χ4v) is 9.09. The second-order valence-corrected chi connectivity index (χ2v) is 15.9. The van der Waals surface area contributed by atoms with Crippen molar-refractivity contribution < 1.29 is 24.2 Å². The number of amides is 3. The standard InChI is InChI=1S/C35H50BrN3O5/c1-10-17-37(23-15-13-12-14-16-23)30(41)26-27-31(42)39(25(20-40)22(3)4)29(35(27)19-24(36)28(26)44-35)32(43)38(18-11-2)34(8,9)21-33(5,6)7/h10-16,22,24-29,40H,1-2,17-21H2,3-9H3/t24?,25-,26+,27-,28+,29?,35?/m0/s1. The van der Waals surface area contributed by atoms with E-state index < -0.39 is 41.2 Å². The molecule has 44 heavy (non-hydrogen) atoms. The number of carbonyl (C=O) groups excluding carboxylic acids is 3. The third-order valence-corrected chi connectivity index (χ3v) is 10.3. The van der Waals surface area contributed by atoms with Gasteiger partial charge in [-0.25, -0.2) is 0 Å². The van der Waals surface area contributed by atoms with Gasteiger partial charge in [0.1, 0.15) is 11.6 Å². The summed E-state index contributed by atoms with van der Waals surface area (Å²) in [6.07, 6.45) is 3.90. The SMILES string of the molecule is C=CCN(C(=O)[C@H]1[C@@H]2OC3(CC2Br)C(C(=O)N(CC=C)C(C)(C)CC(C)(C)C)N([C@@H](CO)C(C)C)C(=O)[C@H]13)c1ccccc1. The molecule has 242 valence electrons. The average Bonchev–Trinajstić information content (AvgIpc) is 3.52. The van der Waals surface area contributed by atoms with Gasteiger partial charge in [0.05, 0.1) is 30.6 Å². The van der Waals surface area contributed by atoms with E-state index in [1.165, 1.54) is 0 Å². The Bertz CT molecular complexity index is 1260. The number of hydrogen-bond donors (Lipinski definition) is 1. The largest absolute Gasteiger partial charge is 0.394 e. The van der Waals surface area contributed by atoms with Crippen LogP contribution in [0.4, 0.5) is 5.69 Å². The van der Waals surface area contributed by atoms with E-state index >= 15 is 4.79 Å². The van der Waals surface area contributed by atoms with Gasteiger partial charge in [-0.1, -0.05) is 80.9 Å². The van der Waals surface area contributed by atoms with E-state index in [0.717, 1.165) is 0 Å². The lowest BCUT2D eigenvalue weighted by Crippen LogP contribution is -2.63. The Kier molecular flexibility index (Phi) is 9.94. The van der Waals surface area contributed by atoms with Crippen LogP contribution in [0.25, 0.3) is 0 Å². The molecule has 3 amide bonds. The van der Waals surface area contributed by atoms with E-state index in [9.17, 15) is 14.7 Å². The van der Waals surface area contributed by atoms with Crippen molar-refractivity contribution in [1.82, 2.24) is 9.80 Å². The van der Waals surface area contributed by atoms with Gasteiger partial charge in [0.2, 0.25) is 17.7 Å². The zero-order valence-electron chi connectivity index (χ0n) is 27.3. The van der Waals surface area contributed by atoms with Gasteiger partial charge in [0.15, 0.2) is 0 Å². The zero-order chi connectivity index (χ0) is 32.8. The molecule has 3 aliphatic heterocycles. The molecular weight excluding hydrogens is 622 g/mol. The molecule has 1 aromatic carbocycles. The summed E-state index contributed by atoms with van der Waals surface area (Å²) in [6.45, 7) is 22.4. The van der Waals surface area contributed by atoms with E-state index in [1.807, 2.05) is 62.9 Å². The molecule has 2 bridgehead atoms. The monoisotopic (exact) mass is 671 g/mol. The third kappa shape index (κ3) is 5.92. The van der Waals surface area contributed by atoms with Gasteiger partial charge in [-0.05, 0) is 50.2 Å². The highest BCUT2D eigenvalue weighted by atomic mass is 79.9. The average molecular weight is 673 g/mol. The summed E-state index contributed by atoms with van der Waals surface area (Å²) in [5.41, 5.74) is -1.18. The topological polar surface area (TPSA) is 90.4 Å². The van der Waals surface area contributed by atoms with Gasteiger partial charge >= 0.3 is 0 Å². The van der Waals surface area contributed by atoms with Crippen molar-refractivity contribution in [1.29, 1.82) is 0 Å². The summed E-state index contributed by atoms with van der Waals surface area (Å²) < 4.78 is 6.81. The van der Waals surface area contributed by atoms with Crippen molar-refractivity contribution in [2.45, 2.75) is 95.5 Å². The van der Waals surface area contributed by atoms with E-state index in [1.54, 1.807) is 22.0 Å². The van der Waals surface area contributed by atoms with Crippen molar-refractivity contribution in [3.63, 3.8) is 0 Å². The summed E-state index contributed by atoms with van der Waals surface area (Å²) in [5, 5.41) is 10.6. The maximum absolute atomic E-state index is 15.0. The van der Waals surface area contributed by atoms with E-state index in [0.29, 0.717) is 18.5 Å². The molecule has 3 saturated heterocycles. The minimum absolute atomic E-state index is 0.0758. The number of likely N-dealkylation sites (tertiary alicyclic amines) is 1. The minimum Gasteiger partial charge on any atom is -0.394 e. The molecule has 3 aliphatic rings. The molecule has 4 rings (SSSR count). The summed E-state index contributed by atoms with van der Waals surface area (Å²) in [6, 6.07) is 7.70. The van der Waals surface area contributed by atoms with Crippen molar-refractivity contribution >= 4 is 39.3 Å². The Morgan fingerprint density at radius 3 is 2.25 bits per heavy atom.